The summed E-state index contributed by atoms with van der Waals surface area (Å²) in [5, 5.41) is 8.35. The molecule has 2 aliphatic rings. The Morgan fingerprint density at radius 3 is 2.60 bits per heavy atom. The standard InChI is InChI=1S/C10H15NO4/c12-9(5-15-6-10(13)14)11-4-3-7-1-2-8(7)11/h7-8H,1-6H2,(H,13,14)/t7-,8-/m0/s1. The highest BCUT2D eigenvalue weighted by atomic mass is 16.5. The van der Waals surface area contributed by atoms with Gasteiger partial charge in [0.2, 0.25) is 5.91 Å². The Hall–Kier alpha value is -1.10. The number of likely N-dealkylation sites (tertiary alicyclic amines) is 1. The third-order valence-corrected chi connectivity index (χ3v) is 3.29. The molecule has 0 radical (unpaired) electrons. The minimum Gasteiger partial charge on any atom is -0.480 e. The van der Waals surface area contributed by atoms with E-state index in [1.54, 1.807) is 0 Å². The van der Waals surface area contributed by atoms with Crippen molar-refractivity contribution >= 4 is 11.9 Å². The SMILES string of the molecule is O=C(O)COCC(=O)N1CC[C@@H]2CC[C@@H]21. The van der Waals surface area contributed by atoms with E-state index in [2.05, 4.69) is 0 Å². The first kappa shape index (κ1) is 10.4. The molecule has 1 aliphatic carbocycles. The summed E-state index contributed by atoms with van der Waals surface area (Å²) < 4.78 is 4.79. The van der Waals surface area contributed by atoms with Gasteiger partial charge in [-0.15, -0.1) is 0 Å². The molecule has 0 bridgehead atoms. The van der Waals surface area contributed by atoms with Gasteiger partial charge in [0.25, 0.3) is 0 Å². The second-order valence-corrected chi connectivity index (χ2v) is 4.17. The van der Waals surface area contributed by atoms with Crippen LogP contribution in [0.4, 0.5) is 0 Å². The molecule has 1 aliphatic heterocycles. The smallest absolute Gasteiger partial charge is 0.329 e. The third kappa shape index (κ3) is 2.12. The highest BCUT2D eigenvalue weighted by Crippen LogP contribution is 2.40. The molecule has 0 spiro atoms. The van der Waals surface area contributed by atoms with Gasteiger partial charge in [-0.25, -0.2) is 4.79 Å². The van der Waals surface area contributed by atoms with Crippen molar-refractivity contribution < 1.29 is 19.4 Å². The van der Waals surface area contributed by atoms with Crippen LogP contribution in [0.15, 0.2) is 0 Å². The van der Waals surface area contributed by atoms with E-state index in [-0.39, 0.29) is 12.5 Å². The van der Waals surface area contributed by atoms with Crippen LogP contribution in [0.3, 0.4) is 0 Å². The lowest BCUT2D eigenvalue weighted by atomic mass is 9.80. The van der Waals surface area contributed by atoms with Crippen molar-refractivity contribution in [1.82, 2.24) is 4.90 Å². The van der Waals surface area contributed by atoms with Crippen molar-refractivity contribution in [2.45, 2.75) is 25.3 Å². The van der Waals surface area contributed by atoms with Gasteiger partial charge in [-0.1, -0.05) is 0 Å². The van der Waals surface area contributed by atoms with Crippen LogP contribution in [0.2, 0.25) is 0 Å². The molecule has 2 atom stereocenters. The van der Waals surface area contributed by atoms with Crippen molar-refractivity contribution in [3.63, 3.8) is 0 Å². The molecule has 1 amide bonds. The van der Waals surface area contributed by atoms with E-state index in [1.165, 1.54) is 6.42 Å². The molecule has 1 saturated carbocycles. The van der Waals surface area contributed by atoms with Gasteiger partial charge in [-0.3, -0.25) is 4.79 Å². The topological polar surface area (TPSA) is 66.8 Å². The Morgan fingerprint density at radius 2 is 2.07 bits per heavy atom. The van der Waals surface area contributed by atoms with Gasteiger partial charge in [-0.05, 0) is 25.2 Å². The number of carbonyl (C=O) groups is 2. The second-order valence-electron chi connectivity index (χ2n) is 4.17. The second kappa shape index (κ2) is 4.18. The Kier molecular flexibility index (Phi) is 2.90. The van der Waals surface area contributed by atoms with Gasteiger partial charge in [0.1, 0.15) is 13.2 Å². The lowest BCUT2D eigenvalue weighted by molar-refractivity contribution is -0.146. The summed E-state index contributed by atoms with van der Waals surface area (Å²) in [4.78, 5) is 23.6. The normalized spacial score (nSPS) is 28.4. The lowest BCUT2D eigenvalue weighted by Crippen LogP contribution is -2.44. The maximum Gasteiger partial charge on any atom is 0.329 e. The Bertz CT molecular complexity index is 279. The van der Waals surface area contributed by atoms with Crippen LogP contribution in [-0.4, -0.2) is 47.7 Å². The number of carboxylic acid groups (broad SMARTS) is 1. The summed E-state index contributed by atoms with van der Waals surface area (Å²) >= 11 is 0. The average molecular weight is 213 g/mol. The molecule has 0 aromatic rings. The first-order chi connectivity index (χ1) is 7.18. The molecule has 15 heavy (non-hydrogen) atoms. The fourth-order valence-corrected chi connectivity index (χ4v) is 2.39. The number of carbonyl (C=O) groups excluding carboxylic acids is 1. The summed E-state index contributed by atoms with van der Waals surface area (Å²) in [6.45, 7) is 0.313. The van der Waals surface area contributed by atoms with Gasteiger partial charge >= 0.3 is 5.97 Å². The van der Waals surface area contributed by atoms with E-state index in [0.717, 1.165) is 19.4 Å². The average Bonchev–Trinajstić information content (AvgIpc) is 2.40. The van der Waals surface area contributed by atoms with Crippen molar-refractivity contribution in [3.05, 3.63) is 0 Å². The lowest BCUT2D eigenvalue weighted by Gasteiger charge is -2.35. The van der Waals surface area contributed by atoms with Gasteiger partial charge in [0, 0.05) is 12.6 Å². The first-order valence-electron chi connectivity index (χ1n) is 5.27. The molecule has 0 aromatic carbocycles. The molecular weight excluding hydrogens is 198 g/mol. The summed E-state index contributed by atoms with van der Waals surface area (Å²) in [7, 11) is 0. The zero-order chi connectivity index (χ0) is 10.8. The molecule has 5 nitrogen and oxygen atoms in total. The fraction of sp³-hybridized carbons (Fsp3) is 0.800. The van der Waals surface area contributed by atoms with Crippen molar-refractivity contribution in [2.75, 3.05) is 19.8 Å². The number of nitrogens with zero attached hydrogens (tertiary/aromatic N) is 1. The molecule has 1 saturated heterocycles. The molecule has 84 valence electrons. The predicted molar refractivity (Wildman–Crippen MR) is 51.3 cm³/mol. The van der Waals surface area contributed by atoms with Crippen LogP contribution in [0.25, 0.3) is 0 Å². The van der Waals surface area contributed by atoms with Gasteiger partial charge in [0.05, 0.1) is 0 Å². The highest BCUT2D eigenvalue weighted by Gasteiger charge is 2.42. The van der Waals surface area contributed by atoms with Crippen LogP contribution in [0.1, 0.15) is 19.3 Å². The number of ether oxygens (including phenoxy) is 1. The monoisotopic (exact) mass is 213 g/mol. The minimum absolute atomic E-state index is 0.0662. The van der Waals surface area contributed by atoms with Gasteiger partial charge < -0.3 is 14.7 Å². The van der Waals surface area contributed by atoms with E-state index in [0.29, 0.717) is 12.0 Å². The number of fused-ring (bicyclic) bond motifs is 1. The van der Waals surface area contributed by atoms with Crippen LogP contribution >= 0.6 is 0 Å². The molecule has 0 unspecified atom stereocenters. The highest BCUT2D eigenvalue weighted by molar-refractivity contribution is 5.78. The zero-order valence-electron chi connectivity index (χ0n) is 8.52. The first-order valence-corrected chi connectivity index (χ1v) is 5.27. The number of aliphatic carboxylic acids is 1. The largest absolute Gasteiger partial charge is 0.480 e. The number of amides is 1. The van der Waals surface area contributed by atoms with E-state index < -0.39 is 12.6 Å². The number of hydrogen-bond donors (Lipinski definition) is 1. The quantitative estimate of drug-likeness (QED) is 0.719. The van der Waals surface area contributed by atoms with E-state index >= 15 is 0 Å². The summed E-state index contributed by atoms with van der Waals surface area (Å²) in [5.41, 5.74) is 0. The van der Waals surface area contributed by atoms with Gasteiger partial charge in [-0.2, -0.15) is 0 Å². The summed E-state index contributed by atoms with van der Waals surface area (Å²) in [5.74, 6) is -0.414. The molecule has 2 rings (SSSR count). The van der Waals surface area contributed by atoms with Crippen LogP contribution in [0, 0.1) is 5.92 Å². The number of rotatable bonds is 4. The Labute approximate surface area is 88.0 Å². The molecule has 1 N–H and O–H groups in total. The Balaban J connectivity index is 1.74. The fourth-order valence-electron chi connectivity index (χ4n) is 2.39. The maximum atomic E-state index is 11.6. The molecule has 2 fully saturated rings. The Morgan fingerprint density at radius 1 is 1.27 bits per heavy atom. The number of carboxylic acids is 1. The van der Waals surface area contributed by atoms with E-state index in [1.807, 2.05) is 4.90 Å². The van der Waals surface area contributed by atoms with Crippen LogP contribution in [-0.2, 0) is 14.3 Å². The van der Waals surface area contributed by atoms with Crippen molar-refractivity contribution in [2.24, 2.45) is 5.92 Å². The van der Waals surface area contributed by atoms with Crippen LogP contribution < -0.4 is 0 Å². The van der Waals surface area contributed by atoms with E-state index in [9.17, 15) is 9.59 Å². The minimum atomic E-state index is -1.04. The molecule has 1 heterocycles. The maximum absolute atomic E-state index is 11.6. The predicted octanol–water partition coefficient (Wildman–Crippen LogP) is 0.0985. The van der Waals surface area contributed by atoms with Crippen LogP contribution in [0.5, 0.6) is 0 Å². The molecule has 5 heteroatoms. The number of hydrogen-bond acceptors (Lipinski definition) is 3. The summed E-state index contributed by atoms with van der Waals surface area (Å²) in [6.07, 6.45) is 3.41. The molecular formula is C10H15NO4. The van der Waals surface area contributed by atoms with Gasteiger partial charge in [0.15, 0.2) is 0 Å². The summed E-state index contributed by atoms with van der Waals surface area (Å²) in [6, 6.07) is 0.408. The van der Waals surface area contributed by atoms with Crippen molar-refractivity contribution in [1.29, 1.82) is 0 Å². The van der Waals surface area contributed by atoms with E-state index in [4.69, 9.17) is 9.84 Å². The van der Waals surface area contributed by atoms with Crippen molar-refractivity contribution in [3.8, 4) is 0 Å². The molecule has 0 aromatic heterocycles. The third-order valence-electron chi connectivity index (χ3n) is 3.29. The zero-order valence-corrected chi connectivity index (χ0v) is 8.52.